The van der Waals surface area contributed by atoms with Crippen molar-refractivity contribution in [2.75, 3.05) is 14.1 Å². The Morgan fingerprint density at radius 3 is 1.58 bits per heavy atom. The van der Waals surface area contributed by atoms with Crippen molar-refractivity contribution in [1.82, 2.24) is 4.90 Å². The van der Waals surface area contributed by atoms with Crippen molar-refractivity contribution in [3.8, 4) is 0 Å². The van der Waals surface area contributed by atoms with Crippen LogP contribution in [0.3, 0.4) is 0 Å². The predicted molar refractivity (Wildman–Crippen MR) is 82.5 cm³/mol. The maximum absolute atomic E-state index is 2.29. The van der Waals surface area contributed by atoms with Crippen molar-refractivity contribution in [2.24, 2.45) is 0 Å². The molecule has 0 aromatic heterocycles. The van der Waals surface area contributed by atoms with Crippen molar-refractivity contribution in [1.29, 1.82) is 0 Å². The number of nitrogens with zero attached hydrogens (tertiary/aromatic N) is 1. The third-order valence-electron chi connectivity index (χ3n) is 3.86. The molecule has 0 spiro atoms. The Kier molecular flexibility index (Phi) is 4.75. The van der Waals surface area contributed by atoms with E-state index in [4.69, 9.17) is 0 Å². The first-order valence-corrected chi connectivity index (χ1v) is 6.95. The molecule has 0 saturated carbocycles. The minimum absolute atomic E-state index is 0.472. The number of hydrogen-bond acceptors (Lipinski definition) is 1. The first-order chi connectivity index (χ1) is 9.18. The van der Waals surface area contributed by atoms with Gasteiger partial charge in [0.1, 0.15) is 0 Å². The highest BCUT2D eigenvalue weighted by molar-refractivity contribution is 5.32. The number of benzene rings is 2. The van der Waals surface area contributed by atoms with Gasteiger partial charge in [0.25, 0.3) is 0 Å². The molecule has 0 aliphatic heterocycles. The fourth-order valence-electron chi connectivity index (χ4n) is 2.39. The van der Waals surface area contributed by atoms with E-state index in [0.29, 0.717) is 12.0 Å². The summed E-state index contributed by atoms with van der Waals surface area (Å²) in [6.45, 7) is 2.29. The highest BCUT2D eigenvalue weighted by Gasteiger charge is 2.18. The molecule has 0 N–H and O–H groups in total. The maximum atomic E-state index is 2.29. The van der Waals surface area contributed by atoms with Gasteiger partial charge in [0.05, 0.1) is 0 Å². The van der Waals surface area contributed by atoms with Crippen LogP contribution in [0.2, 0.25) is 0 Å². The molecule has 2 aromatic carbocycles. The molecule has 0 fully saturated rings. The van der Waals surface area contributed by atoms with Crippen LogP contribution in [-0.4, -0.2) is 25.0 Å². The topological polar surface area (TPSA) is 3.24 Å². The summed E-state index contributed by atoms with van der Waals surface area (Å²) in [5, 5.41) is 0. The highest BCUT2D eigenvalue weighted by atomic mass is 15.1. The van der Waals surface area contributed by atoms with E-state index in [9.17, 15) is 0 Å². The van der Waals surface area contributed by atoms with E-state index < -0.39 is 0 Å². The quantitative estimate of drug-likeness (QED) is 0.773. The van der Waals surface area contributed by atoms with Gasteiger partial charge < -0.3 is 4.90 Å². The second-order valence-electron chi connectivity index (χ2n) is 5.42. The lowest BCUT2D eigenvalue weighted by Gasteiger charge is -2.26. The number of hydrogen-bond donors (Lipinski definition) is 0. The minimum Gasteiger partial charge on any atom is -0.307 e. The van der Waals surface area contributed by atoms with Crippen LogP contribution in [0.4, 0.5) is 0 Å². The van der Waals surface area contributed by atoms with E-state index in [1.807, 2.05) is 0 Å². The molecular weight excluding hydrogens is 230 g/mol. The van der Waals surface area contributed by atoms with Gasteiger partial charge >= 0.3 is 0 Å². The Balaban J connectivity index is 2.29. The normalized spacial score (nSPS) is 12.9. The predicted octanol–water partition coefficient (Wildman–Crippen LogP) is 4.16. The summed E-state index contributed by atoms with van der Waals surface area (Å²) in [6.07, 6.45) is 1.14. The van der Waals surface area contributed by atoms with Crippen LogP contribution in [0.15, 0.2) is 60.7 Å². The lowest BCUT2D eigenvalue weighted by Crippen LogP contribution is -2.26. The van der Waals surface area contributed by atoms with Gasteiger partial charge in [-0.15, -0.1) is 0 Å². The van der Waals surface area contributed by atoms with E-state index in [1.54, 1.807) is 0 Å². The fraction of sp³-hybridized carbons (Fsp3) is 0.333. The van der Waals surface area contributed by atoms with Crippen LogP contribution in [0.1, 0.15) is 30.4 Å². The van der Waals surface area contributed by atoms with Gasteiger partial charge in [-0.05, 0) is 38.6 Å². The smallest absolute Gasteiger partial charge is 0.0104 e. The summed E-state index contributed by atoms with van der Waals surface area (Å²) < 4.78 is 0. The molecule has 0 saturated heterocycles. The molecule has 0 amide bonds. The van der Waals surface area contributed by atoms with E-state index in [1.165, 1.54) is 11.1 Å². The first-order valence-electron chi connectivity index (χ1n) is 6.95. The molecule has 1 heteroatoms. The Bertz CT molecular complexity index is 436. The van der Waals surface area contributed by atoms with Crippen LogP contribution in [0, 0.1) is 0 Å². The molecule has 1 nitrogen and oxygen atoms in total. The van der Waals surface area contributed by atoms with Gasteiger partial charge in [0.15, 0.2) is 0 Å². The van der Waals surface area contributed by atoms with Gasteiger partial charge in [0, 0.05) is 12.0 Å². The van der Waals surface area contributed by atoms with Crippen molar-refractivity contribution >= 4 is 0 Å². The standard InChI is InChI=1S/C18H23N/c1-15(19(2)3)14-18(16-10-6-4-7-11-16)17-12-8-5-9-13-17/h4-13,15,18H,14H2,1-3H3/t15-/m1/s1. The molecule has 0 heterocycles. The van der Waals surface area contributed by atoms with Crippen molar-refractivity contribution in [2.45, 2.75) is 25.3 Å². The van der Waals surface area contributed by atoms with E-state index in [2.05, 4.69) is 86.6 Å². The van der Waals surface area contributed by atoms with Crippen LogP contribution >= 0.6 is 0 Å². The summed E-state index contributed by atoms with van der Waals surface area (Å²) in [6, 6.07) is 22.2. The van der Waals surface area contributed by atoms with Gasteiger partial charge in [-0.25, -0.2) is 0 Å². The van der Waals surface area contributed by atoms with Crippen LogP contribution in [0.25, 0.3) is 0 Å². The third kappa shape index (κ3) is 3.68. The van der Waals surface area contributed by atoms with Crippen LogP contribution < -0.4 is 0 Å². The summed E-state index contributed by atoms with van der Waals surface area (Å²) in [5.41, 5.74) is 2.81. The minimum atomic E-state index is 0.472. The van der Waals surface area contributed by atoms with Gasteiger partial charge in [-0.3, -0.25) is 0 Å². The molecule has 19 heavy (non-hydrogen) atoms. The first kappa shape index (κ1) is 13.8. The molecule has 0 unspecified atom stereocenters. The second kappa shape index (κ2) is 6.53. The average Bonchev–Trinajstić information content (AvgIpc) is 2.46. The van der Waals surface area contributed by atoms with E-state index >= 15 is 0 Å². The molecule has 2 rings (SSSR count). The molecule has 2 aromatic rings. The second-order valence-corrected chi connectivity index (χ2v) is 5.42. The van der Waals surface area contributed by atoms with Gasteiger partial charge in [0.2, 0.25) is 0 Å². The van der Waals surface area contributed by atoms with Gasteiger partial charge in [-0.2, -0.15) is 0 Å². The van der Waals surface area contributed by atoms with E-state index in [0.717, 1.165) is 6.42 Å². The fourth-order valence-corrected chi connectivity index (χ4v) is 2.39. The molecule has 0 bridgehead atoms. The average molecular weight is 253 g/mol. The lowest BCUT2D eigenvalue weighted by molar-refractivity contribution is 0.290. The molecule has 100 valence electrons. The summed E-state index contributed by atoms with van der Waals surface area (Å²) in [4.78, 5) is 2.29. The molecule has 0 aliphatic carbocycles. The Morgan fingerprint density at radius 1 is 0.789 bits per heavy atom. The molecule has 0 aliphatic rings. The monoisotopic (exact) mass is 253 g/mol. The van der Waals surface area contributed by atoms with Crippen LogP contribution in [-0.2, 0) is 0 Å². The Labute approximate surface area is 116 Å². The summed E-state index contributed by atoms with van der Waals surface area (Å²) in [5.74, 6) is 0.472. The SMILES string of the molecule is C[C@H](CC(c1ccccc1)c1ccccc1)N(C)C. The zero-order chi connectivity index (χ0) is 13.7. The van der Waals surface area contributed by atoms with Crippen molar-refractivity contribution in [3.05, 3.63) is 71.8 Å². The van der Waals surface area contributed by atoms with E-state index in [-0.39, 0.29) is 0 Å². The molecule has 0 radical (unpaired) electrons. The van der Waals surface area contributed by atoms with Crippen molar-refractivity contribution in [3.63, 3.8) is 0 Å². The highest BCUT2D eigenvalue weighted by Crippen LogP contribution is 2.29. The lowest BCUT2D eigenvalue weighted by atomic mass is 9.86. The zero-order valence-electron chi connectivity index (χ0n) is 12.1. The summed E-state index contributed by atoms with van der Waals surface area (Å²) in [7, 11) is 4.30. The third-order valence-corrected chi connectivity index (χ3v) is 3.86. The maximum Gasteiger partial charge on any atom is 0.0104 e. The zero-order valence-corrected chi connectivity index (χ0v) is 12.1. The van der Waals surface area contributed by atoms with Gasteiger partial charge in [-0.1, -0.05) is 60.7 Å². The molecular formula is C18H23N. The largest absolute Gasteiger partial charge is 0.307 e. The number of rotatable bonds is 5. The van der Waals surface area contributed by atoms with Crippen LogP contribution in [0.5, 0.6) is 0 Å². The Morgan fingerprint density at radius 2 is 1.21 bits per heavy atom. The molecule has 1 atom stereocenters. The summed E-state index contributed by atoms with van der Waals surface area (Å²) >= 11 is 0. The Hall–Kier alpha value is -1.60. The van der Waals surface area contributed by atoms with Crippen molar-refractivity contribution < 1.29 is 0 Å².